The number of anilines is 1. The minimum Gasteiger partial charge on any atom is -0.453 e. The van der Waals surface area contributed by atoms with Gasteiger partial charge in [-0.25, -0.2) is 0 Å². The second-order valence-corrected chi connectivity index (χ2v) is 6.06. The van der Waals surface area contributed by atoms with Crippen LogP contribution in [0.25, 0.3) is 0 Å². The Balaban J connectivity index is 1.77. The average Bonchev–Trinajstić information content (AvgIpc) is 2.75. The SMILES string of the molecule is Nc1ccc(Oc2ccccc2)c(Oc2ccccc2)c1Oc1ccccc1. The molecular formula is C24H19NO3. The van der Waals surface area contributed by atoms with E-state index in [1.807, 2.05) is 91.0 Å². The fourth-order valence-corrected chi connectivity index (χ4v) is 2.67. The third kappa shape index (κ3) is 4.07. The topological polar surface area (TPSA) is 53.7 Å². The molecule has 0 aliphatic rings. The monoisotopic (exact) mass is 369 g/mol. The number of nitrogens with two attached hydrogens (primary N) is 1. The number of benzene rings is 4. The van der Waals surface area contributed by atoms with Crippen LogP contribution in [0.5, 0.6) is 34.5 Å². The van der Waals surface area contributed by atoms with Crippen molar-refractivity contribution in [1.29, 1.82) is 0 Å². The van der Waals surface area contributed by atoms with Gasteiger partial charge in [0.15, 0.2) is 11.5 Å². The highest BCUT2D eigenvalue weighted by atomic mass is 16.5. The first-order chi connectivity index (χ1) is 13.8. The molecule has 0 heterocycles. The van der Waals surface area contributed by atoms with Crippen LogP contribution in [0.3, 0.4) is 0 Å². The largest absolute Gasteiger partial charge is 0.453 e. The number of nitrogen functional groups attached to an aromatic ring is 1. The molecule has 4 rings (SSSR count). The molecule has 28 heavy (non-hydrogen) atoms. The highest BCUT2D eigenvalue weighted by molar-refractivity contribution is 5.68. The Kier molecular flexibility index (Phi) is 5.11. The van der Waals surface area contributed by atoms with Gasteiger partial charge < -0.3 is 19.9 Å². The van der Waals surface area contributed by atoms with Crippen LogP contribution < -0.4 is 19.9 Å². The first-order valence-corrected chi connectivity index (χ1v) is 8.91. The molecule has 0 amide bonds. The Morgan fingerprint density at radius 3 is 1.36 bits per heavy atom. The molecule has 0 saturated heterocycles. The van der Waals surface area contributed by atoms with Crippen LogP contribution in [-0.4, -0.2) is 0 Å². The molecule has 0 spiro atoms. The highest BCUT2D eigenvalue weighted by Crippen LogP contribution is 2.47. The van der Waals surface area contributed by atoms with Gasteiger partial charge in [0, 0.05) is 0 Å². The molecule has 138 valence electrons. The Bertz CT molecular complexity index is 1040. The Morgan fingerprint density at radius 1 is 0.429 bits per heavy atom. The Labute approximate surface area is 163 Å². The van der Waals surface area contributed by atoms with Crippen LogP contribution in [0.2, 0.25) is 0 Å². The van der Waals surface area contributed by atoms with E-state index in [2.05, 4.69) is 0 Å². The second kappa shape index (κ2) is 8.18. The van der Waals surface area contributed by atoms with Crippen LogP contribution >= 0.6 is 0 Å². The molecule has 4 nitrogen and oxygen atoms in total. The van der Waals surface area contributed by atoms with Crippen LogP contribution in [0.1, 0.15) is 0 Å². The van der Waals surface area contributed by atoms with Crippen LogP contribution in [-0.2, 0) is 0 Å². The van der Waals surface area contributed by atoms with Gasteiger partial charge in [-0.15, -0.1) is 0 Å². The zero-order valence-electron chi connectivity index (χ0n) is 15.1. The molecule has 4 heteroatoms. The van der Waals surface area contributed by atoms with E-state index in [-0.39, 0.29) is 0 Å². The molecule has 0 aliphatic carbocycles. The van der Waals surface area contributed by atoms with Crippen molar-refractivity contribution in [3.05, 3.63) is 103 Å². The van der Waals surface area contributed by atoms with E-state index in [1.165, 1.54) is 0 Å². The predicted molar refractivity (Wildman–Crippen MR) is 110 cm³/mol. The maximum atomic E-state index is 6.22. The molecular weight excluding hydrogens is 350 g/mol. The van der Waals surface area contributed by atoms with Crippen molar-refractivity contribution in [1.82, 2.24) is 0 Å². The first-order valence-electron chi connectivity index (χ1n) is 8.91. The van der Waals surface area contributed by atoms with Gasteiger partial charge in [-0.3, -0.25) is 0 Å². The second-order valence-electron chi connectivity index (χ2n) is 6.06. The third-order valence-corrected chi connectivity index (χ3v) is 4.00. The zero-order valence-corrected chi connectivity index (χ0v) is 15.1. The molecule has 0 atom stereocenters. The van der Waals surface area contributed by atoms with E-state index in [4.69, 9.17) is 19.9 Å². The van der Waals surface area contributed by atoms with E-state index >= 15 is 0 Å². The van der Waals surface area contributed by atoms with E-state index in [1.54, 1.807) is 12.1 Å². The first kappa shape index (κ1) is 17.5. The normalized spacial score (nSPS) is 10.3. The minimum absolute atomic E-state index is 0.406. The lowest BCUT2D eigenvalue weighted by Crippen LogP contribution is -1.98. The molecule has 2 N–H and O–H groups in total. The van der Waals surface area contributed by atoms with Crippen molar-refractivity contribution in [2.45, 2.75) is 0 Å². The van der Waals surface area contributed by atoms with Gasteiger partial charge in [0.1, 0.15) is 17.2 Å². The molecule has 0 fully saturated rings. The third-order valence-electron chi connectivity index (χ3n) is 4.00. The van der Waals surface area contributed by atoms with Crippen molar-refractivity contribution in [3.8, 4) is 34.5 Å². The fourth-order valence-electron chi connectivity index (χ4n) is 2.67. The van der Waals surface area contributed by atoms with Crippen molar-refractivity contribution < 1.29 is 14.2 Å². The van der Waals surface area contributed by atoms with Gasteiger partial charge in [-0.1, -0.05) is 54.6 Å². The van der Waals surface area contributed by atoms with E-state index < -0.39 is 0 Å². The summed E-state index contributed by atoms with van der Waals surface area (Å²) in [5, 5.41) is 0. The Morgan fingerprint density at radius 2 is 0.857 bits per heavy atom. The molecule has 0 unspecified atom stereocenters. The van der Waals surface area contributed by atoms with Gasteiger partial charge in [0.25, 0.3) is 0 Å². The molecule has 4 aromatic rings. The standard InChI is InChI=1S/C24H19NO3/c25-21-16-17-22(26-18-10-4-1-5-11-18)24(28-20-14-8-3-9-15-20)23(21)27-19-12-6-2-7-13-19/h1-17H,25H2. The van der Waals surface area contributed by atoms with Crippen molar-refractivity contribution in [2.24, 2.45) is 0 Å². The van der Waals surface area contributed by atoms with Gasteiger partial charge in [0.05, 0.1) is 5.69 Å². The summed E-state index contributed by atoms with van der Waals surface area (Å²) in [6.45, 7) is 0. The van der Waals surface area contributed by atoms with Gasteiger partial charge in [-0.2, -0.15) is 0 Å². The maximum Gasteiger partial charge on any atom is 0.214 e. The number of para-hydroxylation sites is 3. The summed E-state index contributed by atoms with van der Waals surface area (Å²) in [6, 6.07) is 31.9. The lowest BCUT2D eigenvalue weighted by molar-refractivity contribution is 0.387. The predicted octanol–water partition coefficient (Wildman–Crippen LogP) is 6.65. The van der Waals surface area contributed by atoms with Crippen LogP contribution in [0.15, 0.2) is 103 Å². The molecule has 0 aromatic heterocycles. The molecule has 0 aliphatic heterocycles. The summed E-state index contributed by atoms with van der Waals surface area (Å²) in [5.74, 6) is 3.33. The van der Waals surface area contributed by atoms with Crippen molar-refractivity contribution >= 4 is 5.69 Å². The summed E-state index contributed by atoms with van der Waals surface area (Å²) < 4.78 is 18.3. The number of hydrogen-bond acceptors (Lipinski definition) is 4. The highest BCUT2D eigenvalue weighted by Gasteiger charge is 2.19. The van der Waals surface area contributed by atoms with Crippen LogP contribution in [0, 0.1) is 0 Å². The van der Waals surface area contributed by atoms with E-state index in [9.17, 15) is 0 Å². The average molecular weight is 369 g/mol. The van der Waals surface area contributed by atoms with E-state index in [0.717, 1.165) is 0 Å². The molecule has 0 radical (unpaired) electrons. The smallest absolute Gasteiger partial charge is 0.214 e. The zero-order chi connectivity index (χ0) is 19.2. The van der Waals surface area contributed by atoms with Gasteiger partial charge in [-0.05, 0) is 48.5 Å². The number of rotatable bonds is 6. The lowest BCUT2D eigenvalue weighted by atomic mass is 10.2. The molecule has 0 saturated carbocycles. The summed E-state index contributed by atoms with van der Waals surface area (Å²) in [5.41, 5.74) is 6.68. The maximum absolute atomic E-state index is 6.22. The van der Waals surface area contributed by atoms with Crippen LogP contribution in [0.4, 0.5) is 5.69 Å². The van der Waals surface area contributed by atoms with Crippen molar-refractivity contribution in [2.75, 3.05) is 5.73 Å². The fraction of sp³-hybridized carbons (Fsp3) is 0. The van der Waals surface area contributed by atoms with Crippen molar-refractivity contribution in [3.63, 3.8) is 0 Å². The molecule has 0 bridgehead atoms. The van der Waals surface area contributed by atoms with Gasteiger partial charge in [0.2, 0.25) is 5.75 Å². The summed E-state index contributed by atoms with van der Waals surface area (Å²) >= 11 is 0. The quantitative estimate of drug-likeness (QED) is 0.387. The number of hydrogen-bond donors (Lipinski definition) is 1. The van der Waals surface area contributed by atoms with Gasteiger partial charge >= 0.3 is 0 Å². The minimum atomic E-state index is 0.406. The Hall–Kier alpha value is -3.92. The summed E-state index contributed by atoms with van der Waals surface area (Å²) in [7, 11) is 0. The summed E-state index contributed by atoms with van der Waals surface area (Å²) in [6.07, 6.45) is 0. The van der Waals surface area contributed by atoms with E-state index in [0.29, 0.717) is 40.2 Å². The summed E-state index contributed by atoms with van der Waals surface area (Å²) in [4.78, 5) is 0. The lowest BCUT2D eigenvalue weighted by Gasteiger charge is -2.18. The number of ether oxygens (including phenoxy) is 3. The molecule has 4 aromatic carbocycles.